The maximum Gasteiger partial charge on any atom is 0.303 e. The first-order chi connectivity index (χ1) is 9.40. The van der Waals surface area contributed by atoms with Crippen molar-refractivity contribution in [2.45, 2.75) is 71.8 Å². The number of carboxylic acid groups (broad SMARTS) is 1. The maximum absolute atomic E-state index is 12.5. The van der Waals surface area contributed by atoms with E-state index in [1.807, 2.05) is 11.8 Å². The van der Waals surface area contributed by atoms with Crippen LogP contribution in [0, 0.1) is 11.8 Å². The number of carbonyl (C=O) groups is 2. The summed E-state index contributed by atoms with van der Waals surface area (Å²) in [5, 5.41) is 8.80. The molecule has 0 aromatic rings. The number of nitrogens with zero attached hydrogens (tertiary/aromatic N) is 1. The standard InChI is InChI=1S/C16H29NO3/c1-12(2)8-9-17(14-6-4-5-7-14)15(18)10-13(3)11-16(19)20/h12-14H,4-11H2,1-3H3,(H,19,20). The summed E-state index contributed by atoms with van der Waals surface area (Å²) in [6.45, 7) is 7.01. The predicted molar refractivity (Wildman–Crippen MR) is 79.5 cm³/mol. The highest BCUT2D eigenvalue weighted by Gasteiger charge is 2.27. The largest absolute Gasteiger partial charge is 0.481 e. The van der Waals surface area contributed by atoms with Gasteiger partial charge < -0.3 is 10.0 Å². The van der Waals surface area contributed by atoms with Gasteiger partial charge in [0.05, 0.1) is 0 Å². The van der Waals surface area contributed by atoms with Gasteiger partial charge in [-0.1, -0.05) is 33.6 Å². The summed E-state index contributed by atoms with van der Waals surface area (Å²) in [5.74, 6) is -0.169. The lowest BCUT2D eigenvalue weighted by Crippen LogP contribution is -2.40. The summed E-state index contributed by atoms with van der Waals surface area (Å²) < 4.78 is 0. The Morgan fingerprint density at radius 3 is 2.25 bits per heavy atom. The van der Waals surface area contributed by atoms with Crippen LogP contribution in [0.2, 0.25) is 0 Å². The Bertz CT molecular complexity index is 322. The molecule has 0 aromatic heterocycles. The van der Waals surface area contributed by atoms with Crippen molar-refractivity contribution in [3.63, 3.8) is 0 Å². The van der Waals surface area contributed by atoms with Crippen LogP contribution in [-0.4, -0.2) is 34.5 Å². The molecule has 0 radical (unpaired) electrons. The molecule has 0 bridgehead atoms. The third-order valence-electron chi connectivity index (χ3n) is 4.08. The van der Waals surface area contributed by atoms with E-state index in [0.29, 0.717) is 18.4 Å². The smallest absolute Gasteiger partial charge is 0.303 e. The highest BCUT2D eigenvalue weighted by molar-refractivity contribution is 5.77. The molecule has 0 aromatic carbocycles. The van der Waals surface area contributed by atoms with Crippen LogP contribution in [0.25, 0.3) is 0 Å². The molecule has 116 valence electrons. The van der Waals surface area contributed by atoms with Crippen molar-refractivity contribution in [3.05, 3.63) is 0 Å². The fourth-order valence-electron chi connectivity index (χ4n) is 2.91. The van der Waals surface area contributed by atoms with Crippen LogP contribution in [0.1, 0.15) is 65.7 Å². The molecular formula is C16H29NO3. The molecule has 1 aliphatic rings. The second-order valence-electron chi connectivity index (χ2n) is 6.62. The van der Waals surface area contributed by atoms with Gasteiger partial charge in [0.15, 0.2) is 0 Å². The average molecular weight is 283 g/mol. The molecule has 4 heteroatoms. The van der Waals surface area contributed by atoms with Gasteiger partial charge in [-0.25, -0.2) is 0 Å². The molecule has 20 heavy (non-hydrogen) atoms. The van der Waals surface area contributed by atoms with E-state index in [1.165, 1.54) is 12.8 Å². The number of rotatable bonds is 8. The highest BCUT2D eigenvalue weighted by Crippen LogP contribution is 2.25. The van der Waals surface area contributed by atoms with E-state index in [0.717, 1.165) is 25.8 Å². The van der Waals surface area contributed by atoms with Crippen molar-refractivity contribution in [1.29, 1.82) is 0 Å². The van der Waals surface area contributed by atoms with Crippen molar-refractivity contribution in [3.8, 4) is 0 Å². The molecule has 1 unspecified atom stereocenters. The minimum absolute atomic E-state index is 0.0778. The van der Waals surface area contributed by atoms with E-state index < -0.39 is 5.97 Å². The Labute approximate surface area is 122 Å². The van der Waals surface area contributed by atoms with Crippen LogP contribution >= 0.6 is 0 Å². The molecule has 4 nitrogen and oxygen atoms in total. The summed E-state index contributed by atoms with van der Waals surface area (Å²) in [6, 6.07) is 0.387. The van der Waals surface area contributed by atoms with Crippen molar-refractivity contribution in [2.24, 2.45) is 11.8 Å². The second-order valence-corrected chi connectivity index (χ2v) is 6.62. The van der Waals surface area contributed by atoms with Gasteiger partial charge in [0.2, 0.25) is 5.91 Å². The normalized spacial score (nSPS) is 17.4. The fourth-order valence-corrected chi connectivity index (χ4v) is 2.91. The third kappa shape index (κ3) is 5.93. The number of hydrogen-bond acceptors (Lipinski definition) is 2. The van der Waals surface area contributed by atoms with Gasteiger partial charge >= 0.3 is 5.97 Å². The lowest BCUT2D eigenvalue weighted by Gasteiger charge is -2.30. The quantitative estimate of drug-likeness (QED) is 0.743. The average Bonchev–Trinajstić information content (AvgIpc) is 2.80. The van der Waals surface area contributed by atoms with Crippen LogP contribution in [0.3, 0.4) is 0 Å². The van der Waals surface area contributed by atoms with Crippen molar-refractivity contribution >= 4 is 11.9 Å². The van der Waals surface area contributed by atoms with Gasteiger partial charge in [-0.15, -0.1) is 0 Å². The highest BCUT2D eigenvalue weighted by atomic mass is 16.4. The van der Waals surface area contributed by atoms with E-state index in [9.17, 15) is 9.59 Å². The number of hydrogen-bond donors (Lipinski definition) is 1. The molecule has 0 heterocycles. The van der Waals surface area contributed by atoms with E-state index in [2.05, 4.69) is 13.8 Å². The first kappa shape index (κ1) is 17.0. The molecule has 1 fully saturated rings. The van der Waals surface area contributed by atoms with Crippen LogP contribution in [0.5, 0.6) is 0 Å². The van der Waals surface area contributed by atoms with Crippen LogP contribution in [-0.2, 0) is 9.59 Å². The van der Waals surface area contributed by atoms with Gasteiger partial charge in [0, 0.05) is 25.4 Å². The lowest BCUT2D eigenvalue weighted by atomic mass is 10.0. The molecule has 0 aliphatic heterocycles. The Morgan fingerprint density at radius 1 is 1.15 bits per heavy atom. The molecule has 0 saturated heterocycles. The molecule has 1 saturated carbocycles. The summed E-state index contributed by atoms with van der Waals surface area (Å²) in [6.07, 6.45) is 6.10. The Balaban J connectivity index is 2.56. The van der Waals surface area contributed by atoms with Crippen LogP contribution in [0.4, 0.5) is 0 Å². The van der Waals surface area contributed by atoms with Gasteiger partial charge in [-0.3, -0.25) is 9.59 Å². The predicted octanol–water partition coefficient (Wildman–Crippen LogP) is 3.30. The van der Waals surface area contributed by atoms with Crippen molar-refractivity contribution < 1.29 is 14.7 Å². The number of aliphatic carboxylic acids is 1. The molecule has 1 rings (SSSR count). The van der Waals surface area contributed by atoms with Crippen LogP contribution < -0.4 is 0 Å². The van der Waals surface area contributed by atoms with E-state index in [-0.39, 0.29) is 18.2 Å². The van der Waals surface area contributed by atoms with E-state index in [4.69, 9.17) is 5.11 Å². The zero-order chi connectivity index (χ0) is 15.1. The Morgan fingerprint density at radius 2 is 1.75 bits per heavy atom. The SMILES string of the molecule is CC(C)CCN(C(=O)CC(C)CC(=O)O)C1CCCC1. The van der Waals surface area contributed by atoms with Gasteiger partial charge in [0.1, 0.15) is 0 Å². The fraction of sp³-hybridized carbons (Fsp3) is 0.875. The summed E-state index contributed by atoms with van der Waals surface area (Å²) in [5.41, 5.74) is 0. The van der Waals surface area contributed by atoms with Crippen molar-refractivity contribution in [1.82, 2.24) is 4.90 Å². The number of carboxylic acids is 1. The summed E-state index contributed by atoms with van der Waals surface area (Å²) >= 11 is 0. The monoisotopic (exact) mass is 283 g/mol. The van der Waals surface area contributed by atoms with Gasteiger partial charge in [-0.05, 0) is 31.1 Å². The second kappa shape index (κ2) is 8.28. The summed E-state index contributed by atoms with van der Waals surface area (Å²) in [4.78, 5) is 25.2. The molecule has 1 N–H and O–H groups in total. The Kier molecular flexibility index (Phi) is 7.03. The van der Waals surface area contributed by atoms with Gasteiger partial charge in [-0.2, -0.15) is 0 Å². The molecule has 0 spiro atoms. The van der Waals surface area contributed by atoms with E-state index >= 15 is 0 Å². The minimum Gasteiger partial charge on any atom is -0.481 e. The third-order valence-corrected chi connectivity index (χ3v) is 4.08. The zero-order valence-electron chi connectivity index (χ0n) is 13.1. The Hall–Kier alpha value is -1.06. The topological polar surface area (TPSA) is 57.6 Å². The maximum atomic E-state index is 12.5. The number of amides is 1. The van der Waals surface area contributed by atoms with E-state index in [1.54, 1.807) is 0 Å². The van der Waals surface area contributed by atoms with Gasteiger partial charge in [0.25, 0.3) is 0 Å². The molecule has 1 aliphatic carbocycles. The number of carbonyl (C=O) groups excluding carboxylic acids is 1. The van der Waals surface area contributed by atoms with Crippen LogP contribution in [0.15, 0.2) is 0 Å². The molecular weight excluding hydrogens is 254 g/mol. The van der Waals surface area contributed by atoms with Crippen molar-refractivity contribution in [2.75, 3.05) is 6.54 Å². The zero-order valence-corrected chi connectivity index (χ0v) is 13.1. The molecule has 1 atom stereocenters. The molecule has 1 amide bonds. The first-order valence-electron chi connectivity index (χ1n) is 7.91. The first-order valence-corrected chi connectivity index (χ1v) is 7.91. The summed E-state index contributed by atoms with van der Waals surface area (Å²) in [7, 11) is 0. The minimum atomic E-state index is -0.820. The lowest BCUT2D eigenvalue weighted by molar-refractivity contribution is -0.139.